The molecule has 4 heteroatoms. The summed E-state index contributed by atoms with van der Waals surface area (Å²) in [7, 11) is 0. The van der Waals surface area contributed by atoms with Gasteiger partial charge in [-0.05, 0) is 24.6 Å². The maximum absolute atomic E-state index is 9.19. The molecule has 1 aromatic rings. The number of hydrogen-bond acceptors (Lipinski definition) is 3. The van der Waals surface area contributed by atoms with Crippen molar-refractivity contribution in [2.75, 3.05) is 31.2 Å². The quantitative estimate of drug-likeness (QED) is 0.751. The number of morpholine rings is 1. The van der Waals surface area contributed by atoms with Crippen LogP contribution in [0.15, 0.2) is 12.1 Å². The third kappa shape index (κ3) is 1.99. The molecule has 0 N–H and O–H groups in total. The molecule has 0 aliphatic carbocycles. The topological polar surface area (TPSA) is 36.3 Å². The molecule has 0 saturated carbocycles. The Balaban J connectivity index is 2.40. The minimum absolute atomic E-state index is 0.647. The molecule has 1 saturated heterocycles. The third-order valence-corrected chi connectivity index (χ3v) is 3.25. The van der Waals surface area contributed by atoms with E-state index in [9.17, 15) is 5.26 Å². The van der Waals surface area contributed by atoms with Gasteiger partial charge in [0, 0.05) is 18.1 Å². The number of nitrogens with zero attached hydrogens (tertiary/aromatic N) is 2. The maximum atomic E-state index is 9.19. The summed E-state index contributed by atoms with van der Waals surface area (Å²) >= 11 is 6.01. The van der Waals surface area contributed by atoms with E-state index in [-0.39, 0.29) is 0 Å². The number of ether oxygens (including phenoxy) is 1. The van der Waals surface area contributed by atoms with Crippen molar-refractivity contribution in [3.05, 3.63) is 28.3 Å². The predicted octanol–water partition coefficient (Wildman–Crippen LogP) is 2.36. The summed E-state index contributed by atoms with van der Waals surface area (Å²) in [5.74, 6) is 0. The molecule has 1 aliphatic rings. The molecule has 0 radical (unpaired) electrons. The molecule has 84 valence electrons. The van der Waals surface area contributed by atoms with E-state index in [2.05, 4.69) is 11.0 Å². The molecule has 1 heterocycles. The summed E-state index contributed by atoms with van der Waals surface area (Å²) in [4.78, 5) is 2.17. The van der Waals surface area contributed by atoms with E-state index in [4.69, 9.17) is 16.3 Å². The van der Waals surface area contributed by atoms with Gasteiger partial charge in [-0.2, -0.15) is 5.26 Å². The number of anilines is 1. The summed E-state index contributed by atoms with van der Waals surface area (Å²) in [5, 5.41) is 9.83. The van der Waals surface area contributed by atoms with Crippen LogP contribution in [0.3, 0.4) is 0 Å². The van der Waals surface area contributed by atoms with E-state index in [1.54, 1.807) is 0 Å². The van der Waals surface area contributed by atoms with Gasteiger partial charge in [0.15, 0.2) is 0 Å². The van der Waals surface area contributed by atoms with Gasteiger partial charge in [-0.15, -0.1) is 0 Å². The fourth-order valence-electron chi connectivity index (χ4n) is 1.88. The fourth-order valence-corrected chi connectivity index (χ4v) is 2.04. The van der Waals surface area contributed by atoms with Crippen LogP contribution in [-0.4, -0.2) is 26.3 Å². The van der Waals surface area contributed by atoms with Crippen molar-refractivity contribution in [1.29, 1.82) is 5.26 Å². The molecule has 1 aromatic carbocycles. The fraction of sp³-hybridized carbons (Fsp3) is 0.417. The van der Waals surface area contributed by atoms with Crippen molar-refractivity contribution in [3.63, 3.8) is 0 Å². The normalized spacial score (nSPS) is 15.9. The van der Waals surface area contributed by atoms with Gasteiger partial charge in [0.1, 0.15) is 6.07 Å². The molecule has 0 unspecified atom stereocenters. The third-order valence-electron chi connectivity index (χ3n) is 2.84. The molecule has 0 atom stereocenters. The zero-order chi connectivity index (χ0) is 11.5. The first-order valence-electron chi connectivity index (χ1n) is 5.26. The Labute approximate surface area is 100 Å². The Morgan fingerprint density at radius 1 is 1.38 bits per heavy atom. The van der Waals surface area contributed by atoms with Gasteiger partial charge in [-0.25, -0.2) is 0 Å². The van der Waals surface area contributed by atoms with Crippen LogP contribution in [0.5, 0.6) is 0 Å². The van der Waals surface area contributed by atoms with Gasteiger partial charge in [-0.1, -0.05) is 11.6 Å². The molecule has 1 aliphatic heterocycles. The van der Waals surface area contributed by atoms with Crippen LogP contribution >= 0.6 is 11.6 Å². The molecule has 0 spiro atoms. The lowest BCUT2D eigenvalue weighted by atomic mass is 10.1. The lowest BCUT2D eigenvalue weighted by Gasteiger charge is -2.30. The molecule has 16 heavy (non-hydrogen) atoms. The second kappa shape index (κ2) is 4.73. The summed E-state index contributed by atoms with van der Waals surface area (Å²) in [6, 6.07) is 6.00. The molecule has 0 bridgehead atoms. The van der Waals surface area contributed by atoms with Gasteiger partial charge < -0.3 is 9.64 Å². The largest absolute Gasteiger partial charge is 0.378 e. The van der Waals surface area contributed by atoms with E-state index in [0.717, 1.165) is 24.3 Å². The number of rotatable bonds is 1. The molecular formula is C12H13ClN2O. The number of halogens is 1. The SMILES string of the molecule is Cc1c(Cl)ccc(N2CCOCC2)c1C#N. The smallest absolute Gasteiger partial charge is 0.102 e. The minimum Gasteiger partial charge on any atom is -0.378 e. The van der Waals surface area contributed by atoms with E-state index < -0.39 is 0 Å². The maximum Gasteiger partial charge on any atom is 0.102 e. The van der Waals surface area contributed by atoms with Crippen LogP contribution < -0.4 is 4.90 Å². The van der Waals surface area contributed by atoms with Crippen LogP contribution in [0, 0.1) is 18.3 Å². The van der Waals surface area contributed by atoms with Crippen LogP contribution in [0.1, 0.15) is 11.1 Å². The summed E-state index contributed by atoms with van der Waals surface area (Å²) in [6.45, 7) is 4.97. The van der Waals surface area contributed by atoms with Gasteiger partial charge >= 0.3 is 0 Å². The highest BCUT2D eigenvalue weighted by atomic mass is 35.5. The molecule has 1 fully saturated rings. The first-order chi connectivity index (χ1) is 7.74. The van der Waals surface area contributed by atoms with E-state index in [0.29, 0.717) is 23.8 Å². The molecule has 2 rings (SSSR count). The van der Waals surface area contributed by atoms with Crippen LogP contribution in [0.4, 0.5) is 5.69 Å². The number of nitriles is 1. The first-order valence-corrected chi connectivity index (χ1v) is 5.63. The van der Waals surface area contributed by atoms with Crippen molar-refractivity contribution in [2.45, 2.75) is 6.92 Å². The number of hydrogen-bond donors (Lipinski definition) is 0. The monoisotopic (exact) mass is 236 g/mol. The highest BCUT2D eigenvalue weighted by Crippen LogP contribution is 2.28. The van der Waals surface area contributed by atoms with Crippen LogP contribution in [0.2, 0.25) is 5.02 Å². The lowest BCUT2D eigenvalue weighted by Crippen LogP contribution is -2.36. The molecular weight excluding hydrogens is 224 g/mol. The Morgan fingerprint density at radius 2 is 2.06 bits per heavy atom. The summed E-state index contributed by atoms with van der Waals surface area (Å²) < 4.78 is 5.30. The predicted molar refractivity (Wildman–Crippen MR) is 63.9 cm³/mol. The van der Waals surface area contributed by atoms with Crippen molar-refractivity contribution in [2.24, 2.45) is 0 Å². The van der Waals surface area contributed by atoms with E-state index in [1.807, 2.05) is 19.1 Å². The molecule has 0 aromatic heterocycles. The average Bonchev–Trinajstić information content (AvgIpc) is 2.33. The molecule has 0 amide bonds. The highest BCUT2D eigenvalue weighted by Gasteiger charge is 2.17. The summed E-state index contributed by atoms with van der Waals surface area (Å²) in [5.41, 5.74) is 2.50. The van der Waals surface area contributed by atoms with Gasteiger partial charge in [0.05, 0.1) is 24.5 Å². The Hall–Kier alpha value is -1.24. The lowest BCUT2D eigenvalue weighted by molar-refractivity contribution is 0.122. The highest BCUT2D eigenvalue weighted by molar-refractivity contribution is 6.31. The van der Waals surface area contributed by atoms with E-state index in [1.165, 1.54) is 0 Å². The Bertz CT molecular complexity index is 433. The van der Waals surface area contributed by atoms with Gasteiger partial charge in [0.2, 0.25) is 0 Å². The van der Waals surface area contributed by atoms with Crippen LogP contribution in [0.25, 0.3) is 0 Å². The summed E-state index contributed by atoms with van der Waals surface area (Å²) in [6.07, 6.45) is 0. The van der Waals surface area contributed by atoms with E-state index >= 15 is 0 Å². The Kier molecular flexibility index (Phi) is 3.33. The van der Waals surface area contributed by atoms with Crippen LogP contribution in [-0.2, 0) is 4.74 Å². The van der Waals surface area contributed by atoms with Gasteiger partial charge in [-0.3, -0.25) is 0 Å². The van der Waals surface area contributed by atoms with Crippen molar-refractivity contribution in [3.8, 4) is 6.07 Å². The van der Waals surface area contributed by atoms with Crippen molar-refractivity contribution < 1.29 is 4.74 Å². The second-order valence-electron chi connectivity index (χ2n) is 3.78. The van der Waals surface area contributed by atoms with Crippen molar-refractivity contribution >= 4 is 17.3 Å². The Morgan fingerprint density at radius 3 is 2.69 bits per heavy atom. The standard InChI is InChI=1S/C12H13ClN2O/c1-9-10(8-14)12(3-2-11(9)13)15-4-6-16-7-5-15/h2-3H,4-7H2,1H3. The zero-order valence-electron chi connectivity index (χ0n) is 9.16. The second-order valence-corrected chi connectivity index (χ2v) is 4.18. The first kappa shape index (κ1) is 11.3. The average molecular weight is 237 g/mol. The number of benzene rings is 1. The minimum atomic E-state index is 0.647. The zero-order valence-corrected chi connectivity index (χ0v) is 9.92. The molecule has 3 nitrogen and oxygen atoms in total. The van der Waals surface area contributed by atoms with Gasteiger partial charge in [0.25, 0.3) is 0 Å². The van der Waals surface area contributed by atoms with Crippen molar-refractivity contribution in [1.82, 2.24) is 0 Å².